The summed E-state index contributed by atoms with van der Waals surface area (Å²) < 4.78 is 10.8. The van der Waals surface area contributed by atoms with Gasteiger partial charge in [-0.05, 0) is 23.8 Å². The summed E-state index contributed by atoms with van der Waals surface area (Å²) in [5.41, 5.74) is 1.79. The smallest absolute Gasteiger partial charge is 0.261 e. The Morgan fingerprint density at radius 2 is 2.17 bits per heavy atom. The van der Waals surface area contributed by atoms with Crippen LogP contribution in [0.5, 0.6) is 5.75 Å². The largest absolute Gasteiger partial charge is 0.480 e. The SMILES string of the molecule is O=C(NCc1nc(-c2cccnc2)no1)[C@@H]1Cc2ccccc2O1. The van der Waals surface area contributed by atoms with E-state index in [9.17, 15) is 4.79 Å². The van der Waals surface area contributed by atoms with E-state index in [-0.39, 0.29) is 12.5 Å². The molecule has 1 amide bonds. The molecule has 0 saturated carbocycles. The number of nitrogens with one attached hydrogen (secondary N) is 1. The molecule has 0 spiro atoms. The number of nitrogens with zero attached hydrogens (tertiary/aromatic N) is 3. The summed E-state index contributed by atoms with van der Waals surface area (Å²) >= 11 is 0. The minimum atomic E-state index is -0.525. The van der Waals surface area contributed by atoms with Gasteiger partial charge in [-0.1, -0.05) is 23.4 Å². The highest BCUT2D eigenvalue weighted by Crippen LogP contribution is 2.28. The molecular weight excluding hydrogens is 308 g/mol. The maximum atomic E-state index is 12.2. The minimum Gasteiger partial charge on any atom is -0.480 e. The quantitative estimate of drug-likeness (QED) is 0.787. The first-order valence-corrected chi connectivity index (χ1v) is 7.55. The molecule has 0 bridgehead atoms. The Hall–Kier alpha value is -3.22. The van der Waals surface area contributed by atoms with Crippen molar-refractivity contribution in [2.45, 2.75) is 19.1 Å². The molecule has 1 atom stereocenters. The molecule has 7 nitrogen and oxygen atoms in total. The van der Waals surface area contributed by atoms with E-state index < -0.39 is 6.10 Å². The van der Waals surface area contributed by atoms with Gasteiger partial charge in [0.2, 0.25) is 11.7 Å². The first-order chi connectivity index (χ1) is 11.8. The first-order valence-electron chi connectivity index (χ1n) is 7.55. The highest BCUT2D eigenvalue weighted by atomic mass is 16.5. The maximum absolute atomic E-state index is 12.2. The molecule has 0 unspecified atom stereocenters. The van der Waals surface area contributed by atoms with Crippen LogP contribution < -0.4 is 10.1 Å². The fourth-order valence-corrected chi connectivity index (χ4v) is 2.54. The van der Waals surface area contributed by atoms with Crippen molar-refractivity contribution >= 4 is 5.91 Å². The average Bonchev–Trinajstić information content (AvgIpc) is 3.27. The molecule has 120 valence electrons. The number of pyridine rings is 1. The Kier molecular flexibility index (Phi) is 3.66. The molecule has 1 N–H and O–H groups in total. The van der Waals surface area contributed by atoms with Gasteiger partial charge in [0.1, 0.15) is 5.75 Å². The van der Waals surface area contributed by atoms with Crippen molar-refractivity contribution < 1.29 is 14.1 Å². The minimum absolute atomic E-state index is 0.155. The number of fused-ring (bicyclic) bond motifs is 1. The molecule has 1 aliphatic heterocycles. The van der Waals surface area contributed by atoms with E-state index in [0.717, 1.165) is 16.9 Å². The standard InChI is InChI=1S/C17H14N4O3/c22-17(14-8-11-4-1-2-6-13(11)23-14)19-10-15-20-16(21-24-15)12-5-3-7-18-9-12/h1-7,9,14H,8,10H2,(H,19,22)/t14-/m0/s1. The lowest BCUT2D eigenvalue weighted by molar-refractivity contribution is -0.127. The normalized spacial score (nSPS) is 15.6. The van der Waals surface area contributed by atoms with E-state index in [1.54, 1.807) is 18.5 Å². The highest BCUT2D eigenvalue weighted by Gasteiger charge is 2.28. The number of carbonyl (C=O) groups excluding carboxylic acids is 1. The maximum Gasteiger partial charge on any atom is 0.261 e. The van der Waals surface area contributed by atoms with Crippen LogP contribution in [0.4, 0.5) is 0 Å². The van der Waals surface area contributed by atoms with E-state index in [2.05, 4.69) is 20.4 Å². The van der Waals surface area contributed by atoms with Crippen LogP contribution in [0, 0.1) is 0 Å². The molecule has 2 aromatic heterocycles. The Bertz CT molecular complexity index is 838. The lowest BCUT2D eigenvalue weighted by atomic mass is 10.1. The zero-order valence-corrected chi connectivity index (χ0v) is 12.7. The third kappa shape index (κ3) is 2.83. The molecule has 24 heavy (non-hydrogen) atoms. The first kappa shape index (κ1) is 14.4. The predicted molar refractivity (Wildman–Crippen MR) is 83.9 cm³/mol. The van der Waals surface area contributed by atoms with E-state index in [1.807, 2.05) is 30.3 Å². The summed E-state index contributed by atoms with van der Waals surface area (Å²) in [7, 11) is 0. The van der Waals surface area contributed by atoms with Crippen molar-refractivity contribution in [3.63, 3.8) is 0 Å². The van der Waals surface area contributed by atoms with E-state index in [1.165, 1.54) is 0 Å². The average molecular weight is 322 g/mol. The number of carbonyl (C=O) groups is 1. The van der Waals surface area contributed by atoms with Crippen LogP contribution in [-0.2, 0) is 17.8 Å². The second-order valence-electron chi connectivity index (χ2n) is 5.39. The molecule has 0 saturated heterocycles. The van der Waals surface area contributed by atoms with Gasteiger partial charge in [-0.3, -0.25) is 9.78 Å². The van der Waals surface area contributed by atoms with Gasteiger partial charge in [0.05, 0.1) is 6.54 Å². The molecule has 1 aliphatic rings. The number of amides is 1. The van der Waals surface area contributed by atoms with Crippen LogP contribution in [0.3, 0.4) is 0 Å². The number of aromatic nitrogens is 3. The Balaban J connectivity index is 1.36. The van der Waals surface area contributed by atoms with Crippen LogP contribution in [0.15, 0.2) is 53.3 Å². The summed E-state index contributed by atoms with van der Waals surface area (Å²) in [5, 5.41) is 6.65. The third-order valence-corrected chi connectivity index (χ3v) is 3.74. The van der Waals surface area contributed by atoms with Crippen molar-refractivity contribution in [1.29, 1.82) is 0 Å². The molecular formula is C17H14N4O3. The second kappa shape index (κ2) is 6.11. The summed E-state index contributed by atoms with van der Waals surface area (Å²) in [4.78, 5) is 20.5. The van der Waals surface area contributed by atoms with Gasteiger partial charge in [0, 0.05) is 24.4 Å². The van der Waals surface area contributed by atoms with Crippen LogP contribution in [-0.4, -0.2) is 27.1 Å². The molecule has 3 heterocycles. The Morgan fingerprint density at radius 3 is 3.00 bits per heavy atom. The fraction of sp³-hybridized carbons (Fsp3) is 0.176. The summed E-state index contributed by atoms with van der Waals surface area (Å²) in [6.45, 7) is 0.155. The van der Waals surface area contributed by atoms with Crippen LogP contribution in [0.2, 0.25) is 0 Å². The summed E-state index contributed by atoms with van der Waals surface area (Å²) in [5.74, 6) is 1.33. The topological polar surface area (TPSA) is 90.1 Å². The van der Waals surface area contributed by atoms with Crippen molar-refractivity contribution in [1.82, 2.24) is 20.4 Å². The van der Waals surface area contributed by atoms with Crippen LogP contribution in [0.1, 0.15) is 11.5 Å². The molecule has 7 heteroatoms. The van der Waals surface area contributed by atoms with Gasteiger partial charge in [-0.15, -0.1) is 0 Å². The van der Waals surface area contributed by atoms with Gasteiger partial charge < -0.3 is 14.6 Å². The summed E-state index contributed by atoms with van der Waals surface area (Å²) in [6, 6.07) is 11.3. The molecule has 3 aromatic rings. The Morgan fingerprint density at radius 1 is 1.25 bits per heavy atom. The highest BCUT2D eigenvalue weighted by molar-refractivity contribution is 5.82. The van der Waals surface area contributed by atoms with Crippen molar-refractivity contribution in [3.8, 4) is 17.1 Å². The zero-order chi connectivity index (χ0) is 16.4. The van der Waals surface area contributed by atoms with Crippen molar-refractivity contribution in [2.24, 2.45) is 0 Å². The van der Waals surface area contributed by atoms with Crippen molar-refractivity contribution in [2.75, 3.05) is 0 Å². The van der Waals surface area contributed by atoms with E-state index >= 15 is 0 Å². The summed E-state index contributed by atoms with van der Waals surface area (Å²) in [6.07, 6.45) is 3.36. The van der Waals surface area contributed by atoms with E-state index in [0.29, 0.717) is 18.1 Å². The number of rotatable bonds is 4. The van der Waals surface area contributed by atoms with Gasteiger partial charge >= 0.3 is 0 Å². The van der Waals surface area contributed by atoms with Crippen LogP contribution >= 0.6 is 0 Å². The third-order valence-electron chi connectivity index (χ3n) is 3.74. The molecule has 0 aliphatic carbocycles. The lowest BCUT2D eigenvalue weighted by Gasteiger charge is -2.09. The molecule has 0 radical (unpaired) electrons. The number of ether oxygens (including phenoxy) is 1. The van der Waals surface area contributed by atoms with Gasteiger partial charge in [0.15, 0.2) is 6.10 Å². The number of hydrogen-bond donors (Lipinski definition) is 1. The van der Waals surface area contributed by atoms with Gasteiger partial charge in [0.25, 0.3) is 5.91 Å². The number of benzene rings is 1. The monoisotopic (exact) mass is 322 g/mol. The molecule has 1 aromatic carbocycles. The fourth-order valence-electron chi connectivity index (χ4n) is 2.54. The predicted octanol–water partition coefficient (Wildman–Crippen LogP) is 1.75. The molecule has 4 rings (SSSR count). The van der Waals surface area contributed by atoms with E-state index in [4.69, 9.17) is 9.26 Å². The number of hydrogen-bond acceptors (Lipinski definition) is 6. The second-order valence-corrected chi connectivity index (χ2v) is 5.39. The lowest BCUT2D eigenvalue weighted by Crippen LogP contribution is -2.37. The van der Waals surface area contributed by atoms with Gasteiger partial charge in [-0.25, -0.2) is 0 Å². The van der Waals surface area contributed by atoms with Crippen LogP contribution in [0.25, 0.3) is 11.4 Å². The zero-order valence-electron chi connectivity index (χ0n) is 12.7. The molecule has 0 fully saturated rings. The van der Waals surface area contributed by atoms with Gasteiger partial charge in [-0.2, -0.15) is 4.98 Å². The number of para-hydroxylation sites is 1. The van der Waals surface area contributed by atoms with Crippen molar-refractivity contribution in [3.05, 3.63) is 60.2 Å². The Labute approximate surface area is 137 Å².